The quantitative estimate of drug-likeness (QED) is 0.703. The number of carbonyl (C=O) groups is 1. The van der Waals surface area contributed by atoms with Crippen LogP contribution in [0.1, 0.15) is 5.56 Å². The van der Waals surface area contributed by atoms with Gasteiger partial charge in [0.1, 0.15) is 0 Å². The summed E-state index contributed by atoms with van der Waals surface area (Å²) in [7, 11) is 0. The minimum absolute atomic E-state index is 0.281. The Morgan fingerprint density at radius 2 is 1.59 bits per heavy atom. The third kappa shape index (κ3) is 3.17. The average Bonchev–Trinajstić information content (AvgIpc) is 2.55. The molecule has 0 unspecified atom stereocenters. The number of anilines is 1. The summed E-state index contributed by atoms with van der Waals surface area (Å²) in [5.41, 5.74) is 4.63. The van der Waals surface area contributed by atoms with Crippen LogP contribution in [0.2, 0.25) is 0 Å². The number of hydrogen-bond donors (Lipinski definition) is 2. The van der Waals surface area contributed by atoms with E-state index in [0.29, 0.717) is 0 Å². The summed E-state index contributed by atoms with van der Waals surface area (Å²) in [5, 5.41) is 12.7. The molecule has 4 nitrogen and oxygen atoms in total. The molecule has 0 aromatic heterocycles. The normalized spacial score (nSPS) is 10.4. The summed E-state index contributed by atoms with van der Waals surface area (Å²) >= 11 is 0. The number of nitrogens with zero attached hydrogens (tertiary/aromatic N) is 1. The Hall–Kier alpha value is -3.01. The molecule has 0 bridgehead atoms. The second kappa shape index (κ2) is 6.18. The van der Waals surface area contributed by atoms with Gasteiger partial charge in [-0.1, -0.05) is 60.7 Å². The van der Waals surface area contributed by atoms with Gasteiger partial charge in [-0.15, -0.1) is 0 Å². The number of hydrogen-bond acceptors (Lipinski definition) is 2. The molecular formula is C18H16N2O2. The van der Waals surface area contributed by atoms with Gasteiger partial charge in [0.2, 0.25) is 0 Å². The van der Waals surface area contributed by atoms with E-state index in [9.17, 15) is 9.90 Å². The first-order valence-corrected chi connectivity index (χ1v) is 7.02. The van der Waals surface area contributed by atoms with Crippen molar-refractivity contribution in [2.45, 2.75) is 6.54 Å². The van der Waals surface area contributed by atoms with Crippen LogP contribution in [0.3, 0.4) is 0 Å². The zero-order valence-electron chi connectivity index (χ0n) is 11.9. The molecule has 22 heavy (non-hydrogen) atoms. The third-order valence-electron chi connectivity index (χ3n) is 3.43. The second-order valence-corrected chi connectivity index (χ2v) is 5.03. The zero-order valence-corrected chi connectivity index (χ0v) is 11.9. The smallest absolute Gasteiger partial charge is 0.426 e. The summed E-state index contributed by atoms with van der Waals surface area (Å²) in [4.78, 5) is 11.4. The molecule has 0 aliphatic heterocycles. The number of benzene rings is 3. The van der Waals surface area contributed by atoms with E-state index in [1.54, 1.807) is 0 Å². The molecule has 0 fully saturated rings. The molecule has 3 rings (SSSR count). The Bertz CT molecular complexity index is 787. The van der Waals surface area contributed by atoms with E-state index in [4.69, 9.17) is 0 Å². The Kier molecular flexibility index (Phi) is 3.92. The van der Waals surface area contributed by atoms with E-state index < -0.39 is 6.09 Å². The Morgan fingerprint density at radius 1 is 0.909 bits per heavy atom. The topological polar surface area (TPSA) is 52.6 Å². The van der Waals surface area contributed by atoms with E-state index in [-0.39, 0.29) is 6.54 Å². The van der Waals surface area contributed by atoms with Gasteiger partial charge in [-0.25, -0.2) is 9.80 Å². The van der Waals surface area contributed by atoms with Crippen LogP contribution in [0.4, 0.5) is 10.5 Å². The number of fused-ring (bicyclic) bond motifs is 1. The lowest BCUT2D eigenvalue weighted by Crippen LogP contribution is -2.34. The molecule has 0 aliphatic carbocycles. The van der Waals surface area contributed by atoms with Gasteiger partial charge >= 0.3 is 6.09 Å². The summed E-state index contributed by atoms with van der Waals surface area (Å²) in [6.45, 7) is 0.281. The summed E-state index contributed by atoms with van der Waals surface area (Å²) in [6.07, 6.45) is -1.02. The molecule has 4 heteroatoms. The number of amides is 1. The van der Waals surface area contributed by atoms with E-state index in [1.807, 2.05) is 72.8 Å². The maximum Gasteiger partial charge on any atom is 0.426 e. The van der Waals surface area contributed by atoms with Crippen molar-refractivity contribution in [3.05, 3.63) is 78.4 Å². The van der Waals surface area contributed by atoms with Gasteiger partial charge in [-0.05, 0) is 28.5 Å². The standard InChI is InChI=1S/C18H16N2O2/c21-18(22)20(13-14-6-2-1-3-7-14)19-17-11-10-15-8-4-5-9-16(15)12-17/h1-12,19H,13H2,(H,21,22). The molecule has 0 atom stereocenters. The van der Waals surface area contributed by atoms with Crippen molar-refractivity contribution in [3.63, 3.8) is 0 Å². The fraction of sp³-hybridized carbons (Fsp3) is 0.0556. The molecule has 110 valence electrons. The highest BCUT2D eigenvalue weighted by molar-refractivity contribution is 5.85. The maximum atomic E-state index is 11.4. The van der Waals surface area contributed by atoms with Gasteiger partial charge < -0.3 is 5.11 Å². The SMILES string of the molecule is O=C(O)N(Cc1ccccc1)Nc1ccc2ccccc2c1. The van der Waals surface area contributed by atoms with Crippen molar-refractivity contribution in [3.8, 4) is 0 Å². The second-order valence-electron chi connectivity index (χ2n) is 5.03. The van der Waals surface area contributed by atoms with Gasteiger partial charge in [0, 0.05) is 0 Å². The fourth-order valence-corrected chi connectivity index (χ4v) is 2.34. The predicted molar refractivity (Wildman–Crippen MR) is 87.6 cm³/mol. The Morgan fingerprint density at radius 3 is 2.32 bits per heavy atom. The number of nitrogens with one attached hydrogen (secondary N) is 1. The highest BCUT2D eigenvalue weighted by atomic mass is 16.4. The van der Waals surface area contributed by atoms with Crippen LogP contribution in [0.25, 0.3) is 10.8 Å². The van der Waals surface area contributed by atoms with Crippen LogP contribution in [0, 0.1) is 0 Å². The van der Waals surface area contributed by atoms with Crippen molar-refractivity contribution in [2.24, 2.45) is 0 Å². The molecule has 0 heterocycles. The highest BCUT2D eigenvalue weighted by Crippen LogP contribution is 2.19. The highest BCUT2D eigenvalue weighted by Gasteiger charge is 2.12. The average molecular weight is 292 g/mol. The minimum atomic E-state index is -1.02. The first-order valence-electron chi connectivity index (χ1n) is 7.02. The molecule has 0 aliphatic rings. The third-order valence-corrected chi connectivity index (χ3v) is 3.43. The summed E-state index contributed by atoms with van der Waals surface area (Å²) < 4.78 is 0. The van der Waals surface area contributed by atoms with Crippen LogP contribution < -0.4 is 5.43 Å². The van der Waals surface area contributed by atoms with Crippen molar-refractivity contribution < 1.29 is 9.90 Å². The number of hydrazine groups is 1. The lowest BCUT2D eigenvalue weighted by molar-refractivity contribution is 0.153. The fourth-order valence-electron chi connectivity index (χ4n) is 2.34. The van der Waals surface area contributed by atoms with Gasteiger partial charge in [-0.3, -0.25) is 5.43 Å². The zero-order chi connectivity index (χ0) is 15.4. The lowest BCUT2D eigenvalue weighted by atomic mass is 10.1. The molecule has 0 saturated heterocycles. The number of carboxylic acid groups (broad SMARTS) is 1. The van der Waals surface area contributed by atoms with Crippen LogP contribution in [-0.4, -0.2) is 16.2 Å². The Labute approximate surface area is 128 Å². The maximum absolute atomic E-state index is 11.4. The first-order chi connectivity index (χ1) is 10.7. The van der Waals surface area contributed by atoms with E-state index in [2.05, 4.69) is 5.43 Å². The van der Waals surface area contributed by atoms with Crippen LogP contribution in [0.15, 0.2) is 72.8 Å². The number of rotatable bonds is 4. The van der Waals surface area contributed by atoms with E-state index in [0.717, 1.165) is 22.0 Å². The van der Waals surface area contributed by atoms with Gasteiger partial charge in [0.15, 0.2) is 0 Å². The van der Waals surface area contributed by atoms with Gasteiger partial charge in [-0.2, -0.15) is 0 Å². The van der Waals surface area contributed by atoms with Gasteiger partial charge in [0.05, 0.1) is 12.2 Å². The summed E-state index contributed by atoms with van der Waals surface area (Å²) in [6, 6.07) is 23.3. The minimum Gasteiger partial charge on any atom is -0.464 e. The van der Waals surface area contributed by atoms with Crippen molar-refractivity contribution >= 4 is 22.6 Å². The van der Waals surface area contributed by atoms with Crippen LogP contribution >= 0.6 is 0 Å². The predicted octanol–water partition coefficient (Wildman–Crippen LogP) is 4.35. The molecule has 2 N–H and O–H groups in total. The van der Waals surface area contributed by atoms with Crippen molar-refractivity contribution in [1.29, 1.82) is 0 Å². The molecule has 3 aromatic rings. The molecule has 0 radical (unpaired) electrons. The molecule has 3 aromatic carbocycles. The first kappa shape index (κ1) is 13.9. The molecule has 0 saturated carbocycles. The van der Waals surface area contributed by atoms with E-state index >= 15 is 0 Å². The Balaban J connectivity index is 1.81. The van der Waals surface area contributed by atoms with Crippen LogP contribution in [-0.2, 0) is 6.54 Å². The van der Waals surface area contributed by atoms with Gasteiger partial charge in [0.25, 0.3) is 0 Å². The van der Waals surface area contributed by atoms with Crippen molar-refractivity contribution in [2.75, 3.05) is 5.43 Å². The summed E-state index contributed by atoms with van der Waals surface area (Å²) in [5.74, 6) is 0. The van der Waals surface area contributed by atoms with Crippen molar-refractivity contribution in [1.82, 2.24) is 5.01 Å². The van der Waals surface area contributed by atoms with Crippen LogP contribution in [0.5, 0.6) is 0 Å². The molecular weight excluding hydrogens is 276 g/mol. The largest absolute Gasteiger partial charge is 0.464 e. The van der Waals surface area contributed by atoms with E-state index in [1.165, 1.54) is 5.01 Å². The molecule has 0 spiro atoms. The lowest BCUT2D eigenvalue weighted by Gasteiger charge is -2.21. The molecule has 1 amide bonds. The monoisotopic (exact) mass is 292 g/mol.